The summed E-state index contributed by atoms with van der Waals surface area (Å²) in [5.41, 5.74) is 0.583. The van der Waals surface area contributed by atoms with Crippen molar-refractivity contribution in [2.24, 2.45) is 17.3 Å². The summed E-state index contributed by atoms with van der Waals surface area (Å²) in [4.78, 5) is 0. The second kappa shape index (κ2) is 3.78. The Balaban J connectivity index is 2.68. The summed E-state index contributed by atoms with van der Waals surface area (Å²) in [5, 5.41) is 3.50. The molecule has 0 radical (unpaired) electrons. The average Bonchev–Trinajstić information content (AvgIpc) is 2.05. The molecule has 0 aromatic heterocycles. The average molecular weight is 169 g/mol. The number of nitrogens with one attached hydrogen (secondary N) is 1. The Kier molecular flexibility index (Phi) is 3.16. The molecular formula is C11H23N. The Morgan fingerprint density at radius 3 is 2.58 bits per heavy atom. The molecule has 72 valence electrons. The van der Waals surface area contributed by atoms with E-state index in [0.29, 0.717) is 5.41 Å². The maximum atomic E-state index is 3.50. The largest absolute Gasteiger partial charge is 0.316 e. The molecule has 0 saturated carbocycles. The fourth-order valence-electron chi connectivity index (χ4n) is 2.44. The molecule has 1 rings (SSSR count). The highest BCUT2D eigenvalue weighted by atomic mass is 14.9. The van der Waals surface area contributed by atoms with Crippen LogP contribution in [0.15, 0.2) is 0 Å². The minimum Gasteiger partial charge on any atom is -0.316 e. The van der Waals surface area contributed by atoms with Gasteiger partial charge >= 0.3 is 0 Å². The molecule has 1 aliphatic rings. The third-order valence-corrected chi connectivity index (χ3v) is 3.98. The van der Waals surface area contributed by atoms with E-state index >= 15 is 0 Å². The Labute approximate surface area is 76.9 Å². The van der Waals surface area contributed by atoms with Gasteiger partial charge in [-0.25, -0.2) is 0 Å². The first-order valence-electron chi connectivity index (χ1n) is 5.32. The minimum absolute atomic E-state index is 0.583. The molecule has 1 nitrogen and oxygen atoms in total. The third-order valence-electron chi connectivity index (χ3n) is 3.98. The van der Waals surface area contributed by atoms with Crippen LogP contribution in [-0.4, -0.2) is 13.1 Å². The summed E-state index contributed by atoms with van der Waals surface area (Å²) in [7, 11) is 0. The van der Waals surface area contributed by atoms with Gasteiger partial charge in [-0.05, 0) is 36.8 Å². The van der Waals surface area contributed by atoms with Gasteiger partial charge < -0.3 is 5.32 Å². The zero-order valence-corrected chi connectivity index (χ0v) is 8.98. The molecule has 2 unspecified atom stereocenters. The van der Waals surface area contributed by atoms with Gasteiger partial charge in [0.15, 0.2) is 0 Å². The minimum atomic E-state index is 0.583. The summed E-state index contributed by atoms with van der Waals surface area (Å²) in [6.45, 7) is 12.0. The van der Waals surface area contributed by atoms with Gasteiger partial charge in [0.05, 0.1) is 0 Å². The van der Waals surface area contributed by atoms with Crippen molar-refractivity contribution in [3.8, 4) is 0 Å². The van der Waals surface area contributed by atoms with Gasteiger partial charge in [-0.3, -0.25) is 0 Å². The Morgan fingerprint density at radius 2 is 2.17 bits per heavy atom. The lowest BCUT2D eigenvalue weighted by atomic mass is 9.64. The van der Waals surface area contributed by atoms with Crippen LogP contribution in [0.5, 0.6) is 0 Å². The van der Waals surface area contributed by atoms with Gasteiger partial charge in [-0.15, -0.1) is 0 Å². The summed E-state index contributed by atoms with van der Waals surface area (Å²) in [6.07, 6.45) is 2.67. The second-order valence-corrected chi connectivity index (χ2v) is 4.72. The lowest BCUT2D eigenvalue weighted by Crippen LogP contribution is -2.45. The smallest absolute Gasteiger partial charge is 0.00153 e. The van der Waals surface area contributed by atoms with Gasteiger partial charge in [0.1, 0.15) is 0 Å². The molecule has 0 amide bonds. The fraction of sp³-hybridized carbons (Fsp3) is 1.00. The molecule has 0 bridgehead atoms. The normalized spacial score (nSPS) is 37.2. The summed E-state index contributed by atoms with van der Waals surface area (Å²) in [6, 6.07) is 0. The first kappa shape index (κ1) is 10.0. The van der Waals surface area contributed by atoms with Crippen LogP contribution in [0.25, 0.3) is 0 Å². The quantitative estimate of drug-likeness (QED) is 0.670. The third kappa shape index (κ3) is 1.66. The summed E-state index contributed by atoms with van der Waals surface area (Å²) >= 11 is 0. The Bertz CT molecular complexity index is 142. The van der Waals surface area contributed by atoms with E-state index in [4.69, 9.17) is 0 Å². The van der Waals surface area contributed by atoms with Crippen LogP contribution in [0, 0.1) is 17.3 Å². The molecule has 1 aliphatic heterocycles. The number of rotatable bonds is 2. The van der Waals surface area contributed by atoms with Crippen LogP contribution in [0.1, 0.15) is 40.5 Å². The number of piperidine rings is 1. The first-order chi connectivity index (χ1) is 5.61. The Hall–Kier alpha value is -0.0400. The van der Waals surface area contributed by atoms with Gasteiger partial charge in [-0.1, -0.05) is 34.1 Å². The zero-order chi connectivity index (χ0) is 9.19. The molecule has 12 heavy (non-hydrogen) atoms. The molecule has 1 saturated heterocycles. The van der Waals surface area contributed by atoms with Crippen molar-refractivity contribution in [1.29, 1.82) is 0 Å². The zero-order valence-electron chi connectivity index (χ0n) is 8.98. The highest BCUT2D eigenvalue weighted by molar-refractivity contribution is 4.89. The molecule has 1 heteroatoms. The van der Waals surface area contributed by atoms with Gasteiger partial charge in [0.2, 0.25) is 0 Å². The predicted octanol–water partition coefficient (Wildman–Crippen LogP) is 2.67. The van der Waals surface area contributed by atoms with Crippen LogP contribution in [-0.2, 0) is 0 Å². The summed E-state index contributed by atoms with van der Waals surface area (Å²) < 4.78 is 0. The molecular weight excluding hydrogens is 146 g/mol. The highest BCUT2D eigenvalue weighted by Gasteiger charge is 2.37. The molecule has 1 fully saturated rings. The van der Waals surface area contributed by atoms with E-state index in [1.54, 1.807) is 0 Å². The van der Waals surface area contributed by atoms with Crippen molar-refractivity contribution in [3.63, 3.8) is 0 Å². The fourth-order valence-corrected chi connectivity index (χ4v) is 2.44. The molecule has 0 spiro atoms. The maximum absolute atomic E-state index is 3.50. The van der Waals surface area contributed by atoms with Crippen molar-refractivity contribution < 1.29 is 0 Å². The maximum Gasteiger partial charge on any atom is -0.00153 e. The van der Waals surface area contributed by atoms with Crippen LogP contribution in [0.2, 0.25) is 0 Å². The lowest BCUT2D eigenvalue weighted by molar-refractivity contribution is 0.0697. The van der Waals surface area contributed by atoms with E-state index in [9.17, 15) is 0 Å². The molecule has 0 aromatic rings. The van der Waals surface area contributed by atoms with E-state index in [2.05, 4.69) is 33.0 Å². The molecule has 0 aromatic carbocycles. The van der Waals surface area contributed by atoms with Crippen molar-refractivity contribution in [3.05, 3.63) is 0 Å². The number of hydrogen-bond donors (Lipinski definition) is 1. The van der Waals surface area contributed by atoms with Gasteiger partial charge in [0, 0.05) is 0 Å². The highest BCUT2D eigenvalue weighted by Crippen LogP contribution is 2.41. The lowest BCUT2D eigenvalue weighted by Gasteiger charge is -2.45. The first-order valence-corrected chi connectivity index (χ1v) is 5.32. The van der Waals surface area contributed by atoms with Crippen LogP contribution < -0.4 is 5.32 Å². The standard InChI is InChI=1S/C11H23N/c1-5-10-8-12-7-6-11(10,4)9(2)3/h9-10,12H,5-8H2,1-4H3. The summed E-state index contributed by atoms with van der Waals surface area (Å²) in [5.74, 6) is 1.70. The SMILES string of the molecule is CCC1CNCCC1(C)C(C)C. The molecule has 2 atom stereocenters. The second-order valence-electron chi connectivity index (χ2n) is 4.72. The van der Waals surface area contributed by atoms with Gasteiger partial charge in [-0.2, -0.15) is 0 Å². The monoisotopic (exact) mass is 169 g/mol. The van der Waals surface area contributed by atoms with Crippen LogP contribution in [0.3, 0.4) is 0 Å². The molecule has 0 aliphatic carbocycles. The number of hydrogen-bond acceptors (Lipinski definition) is 1. The van der Waals surface area contributed by atoms with Crippen molar-refractivity contribution in [2.75, 3.05) is 13.1 Å². The van der Waals surface area contributed by atoms with E-state index in [1.807, 2.05) is 0 Å². The van der Waals surface area contributed by atoms with Crippen molar-refractivity contribution >= 4 is 0 Å². The Morgan fingerprint density at radius 1 is 1.50 bits per heavy atom. The van der Waals surface area contributed by atoms with Crippen LogP contribution >= 0.6 is 0 Å². The molecule has 1 N–H and O–H groups in total. The van der Waals surface area contributed by atoms with E-state index in [1.165, 1.54) is 25.9 Å². The predicted molar refractivity (Wildman–Crippen MR) is 54.2 cm³/mol. The molecule has 1 heterocycles. The van der Waals surface area contributed by atoms with E-state index < -0.39 is 0 Å². The van der Waals surface area contributed by atoms with Gasteiger partial charge in [0.25, 0.3) is 0 Å². The topological polar surface area (TPSA) is 12.0 Å². The van der Waals surface area contributed by atoms with E-state index in [-0.39, 0.29) is 0 Å². The van der Waals surface area contributed by atoms with Crippen molar-refractivity contribution in [1.82, 2.24) is 5.32 Å². The van der Waals surface area contributed by atoms with Crippen molar-refractivity contribution in [2.45, 2.75) is 40.5 Å². The van der Waals surface area contributed by atoms with Crippen LogP contribution in [0.4, 0.5) is 0 Å². The van der Waals surface area contributed by atoms with E-state index in [0.717, 1.165) is 11.8 Å².